The van der Waals surface area contributed by atoms with Crippen molar-refractivity contribution in [3.63, 3.8) is 0 Å². The van der Waals surface area contributed by atoms with Crippen LogP contribution in [-0.2, 0) is 19.6 Å². The molecule has 3 rings (SSSR count). The van der Waals surface area contributed by atoms with Gasteiger partial charge in [0, 0.05) is 17.3 Å². The van der Waals surface area contributed by atoms with Gasteiger partial charge in [0.2, 0.25) is 0 Å². The van der Waals surface area contributed by atoms with Crippen LogP contribution in [0.2, 0.25) is 0 Å². The van der Waals surface area contributed by atoms with Crippen LogP contribution in [0.5, 0.6) is 0 Å². The van der Waals surface area contributed by atoms with Gasteiger partial charge in [0.15, 0.2) is 5.96 Å². The van der Waals surface area contributed by atoms with Gasteiger partial charge in [0.05, 0.1) is 25.3 Å². The topological polar surface area (TPSA) is 179 Å². The Kier molecular flexibility index (Phi) is 16.3. The maximum atomic E-state index is 7.06. The highest BCUT2D eigenvalue weighted by Crippen LogP contribution is 2.09. The first-order valence-electron chi connectivity index (χ1n) is 10.7. The summed E-state index contributed by atoms with van der Waals surface area (Å²) >= 11 is 6.77. The number of halogens is 3. The number of hydrogen-bond acceptors (Lipinski definition) is 4. The molecule has 0 aromatic heterocycles. The zero-order valence-corrected chi connectivity index (χ0v) is 26.1. The molecule has 0 spiro atoms. The van der Waals surface area contributed by atoms with Crippen LogP contribution in [0.3, 0.4) is 0 Å². The maximum Gasteiger partial charge on any atom is 0.186 e. The summed E-state index contributed by atoms with van der Waals surface area (Å²) < 4.78 is 3.61. The number of guanidine groups is 1. The van der Waals surface area contributed by atoms with Crippen molar-refractivity contribution in [3.05, 3.63) is 100 Å². The molecule has 3 aromatic carbocycles. The highest BCUT2D eigenvalue weighted by molar-refractivity contribution is 14.1. The van der Waals surface area contributed by atoms with Crippen LogP contribution in [0.4, 0.5) is 0 Å². The molecule has 0 radical (unpaired) electrons. The van der Waals surface area contributed by atoms with Gasteiger partial charge in [-0.15, -0.1) is 0 Å². The lowest BCUT2D eigenvalue weighted by molar-refractivity contribution is 1.05. The average molecular weight is 824 g/mol. The summed E-state index contributed by atoms with van der Waals surface area (Å²) in [6, 6.07) is 24.3. The molecule has 0 aliphatic rings. The number of nitrogens with zero attached hydrogens (tertiary/aromatic N) is 2. The number of amidine groups is 2. The molecule has 0 fully saturated rings. The van der Waals surface area contributed by atoms with Crippen LogP contribution in [0.25, 0.3) is 0 Å². The van der Waals surface area contributed by atoms with E-state index in [9.17, 15) is 0 Å². The van der Waals surface area contributed by atoms with Crippen molar-refractivity contribution in [2.75, 3.05) is 0 Å². The zero-order valence-electron chi connectivity index (χ0n) is 19.7. The number of nitrogens with two attached hydrogens (primary N) is 5. The molecule has 0 unspecified atom stereocenters. The van der Waals surface area contributed by atoms with Crippen LogP contribution in [-0.4, -0.2) is 17.6 Å². The summed E-state index contributed by atoms with van der Waals surface area (Å²) in [4.78, 5) is 8.05. The second-order valence-electron chi connectivity index (χ2n) is 7.34. The van der Waals surface area contributed by atoms with E-state index in [1.807, 2.05) is 60.7 Å². The average Bonchev–Trinajstić information content (AvgIpc) is 2.82. The Balaban J connectivity index is 0.000000279. The quantitative estimate of drug-likeness (QED) is 0.118. The van der Waals surface area contributed by atoms with Gasteiger partial charge in [-0.25, -0.2) is 4.99 Å². The molecule has 0 aliphatic carbocycles. The minimum absolute atomic E-state index is 0.0406. The molecule has 0 amide bonds. The summed E-state index contributed by atoms with van der Waals surface area (Å²) in [5.41, 5.74) is 30.0. The van der Waals surface area contributed by atoms with E-state index in [2.05, 4.69) is 89.9 Å². The molecule has 0 atom stereocenters. The van der Waals surface area contributed by atoms with Crippen molar-refractivity contribution >= 4 is 85.4 Å². The third-order valence-corrected chi connectivity index (χ3v) is 6.20. The van der Waals surface area contributed by atoms with E-state index in [1.54, 1.807) is 0 Å². The van der Waals surface area contributed by atoms with Crippen molar-refractivity contribution in [2.45, 2.75) is 26.1 Å². The lowest BCUT2D eigenvalue weighted by Gasteiger charge is -2.00. The fourth-order valence-corrected chi connectivity index (χ4v) is 4.38. The molecule has 192 valence electrons. The van der Waals surface area contributed by atoms with Gasteiger partial charge in [-0.2, -0.15) is 0 Å². The van der Waals surface area contributed by atoms with Gasteiger partial charge in [-0.05, 0) is 121 Å². The minimum atomic E-state index is 0.0406. The third kappa shape index (κ3) is 15.9. The Morgan fingerprint density at radius 3 is 1.44 bits per heavy atom. The fraction of sp³-hybridized carbons (Fsp3) is 0.160. The van der Waals surface area contributed by atoms with Gasteiger partial charge in [-0.3, -0.25) is 10.4 Å². The summed E-state index contributed by atoms with van der Waals surface area (Å²) in [7, 11) is 0. The Hall–Kier alpha value is -1.98. The van der Waals surface area contributed by atoms with Crippen molar-refractivity contribution in [3.8, 4) is 0 Å². The highest BCUT2D eigenvalue weighted by atomic mass is 127. The van der Waals surface area contributed by atoms with Crippen molar-refractivity contribution < 1.29 is 0 Å². The predicted molar refractivity (Wildman–Crippen MR) is 177 cm³/mol. The van der Waals surface area contributed by atoms with Crippen molar-refractivity contribution in [1.82, 2.24) is 0 Å². The number of nitrogens with one attached hydrogen (secondary N) is 1. The SMILES string of the molecule is N=C(N)CC(N)=NCc1cccc(I)c1.NC(N)=NCc1cccc(I)c1.NCc1cccc(I)c1. The summed E-state index contributed by atoms with van der Waals surface area (Å²) in [5.74, 6) is 0.578. The van der Waals surface area contributed by atoms with Gasteiger partial charge in [-0.1, -0.05) is 36.4 Å². The first kappa shape index (κ1) is 32.0. The van der Waals surface area contributed by atoms with Gasteiger partial charge >= 0.3 is 0 Å². The maximum absolute atomic E-state index is 7.06. The second-order valence-corrected chi connectivity index (χ2v) is 11.1. The standard InChI is InChI=1S/C10H13IN4.C8H10IN3.C7H8IN/c11-8-3-1-2-7(4-8)6-15-10(14)5-9(12)13;9-7-3-1-2-6(4-7)5-12-8(10)11;8-7-3-1-2-6(4-7)5-9/h1-4H,5-6H2,(H3,12,13)(H2,14,15);1-4H,5H2,(H4,10,11,12);1-4H,5,9H2. The van der Waals surface area contributed by atoms with E-state index in [4.69, 9.17) is 34.1 Å². The molecule has 3 aromatic rings. The molecule has 0 aliphatic heterocycles. The van der Waals surface area contributed by atoms with E-state index in [0.29, 0.717) is 25.5 Å². The van der Waals surface area contributed by atoms with Crippen LogP contribution >= 0.6 is 67.8 Å². The number of benzene rings is 3. The molecule has 36 heavy (non-hydrogen) atoms. The number of rotatable bonds is 7. The Morgan fingerprint density at radius 1 is 0.667 bits per heavy atom. The largest absolute Gasteiger partial charge is 0.387 e. The molecule has 11 heteroatoms. The number of aliphatic imine (C=N–C) groups is 2. The zero-order chi connectivity index (χ0) is 26.9. The first-order valence-corrected chi connectivity index (χ1v) is 13.9. The van der Waals surface area contributed by atoms with Gasteiger partial charge in [0.25, 0.3) is 0 Å². The van der Waals surface area contributed by atoms with Crippen LogP contribution < -0.4 is 28.7 Å². The lowest BCUT2D eigenvalue weighted by Crippen LogP contribution is -2.22. The van der Waals surface area contributed by atoms with E-state index in [0.717, 1.165) is 11.1 Å². The molecular formula is C25H31I3N8. The predicted octanol–water partition coefficient (Wildman–Crippen LogP) is 4.29. The Bertz CT molecular complexity index is 1160. The molecule has 11 N–H and O–H groups in total. The minimum Gasteiger partial charge on any atom is -0.387 e. The molecule has 0 bridgehead atoms. The third-order valence-electron chi connectivity index (χ3n) is 4.18. The molecule has 8 nitrogen and oxygen atoms in total. The molecule has 0 saturated heterocycles. The summed E-state index contributed by atoms with van der Waals surface area (Å²) in [6.07, 6.45) is 0.240. The molecule has 0 saturated carbocycles. The Labute approximate surface area is 253 Å². The second kappa shape index (κ2) is 18.3. The van der Waals surface area contributed by atoms with Gasteiger partial charge < -0.3 is 28.7 Å². The van der Waals surface area contributed by atoms with E-state index >= 15 is 0 Å². The van der Waals surface area contributed by atoms with E-state index < -0.39 is 0 Å². The van der Waals surface area contributed by atoms with Crippen molar-refractivity contribution in [1.29, 1.82) is 5.41 Å². The van der Waals surface area contributed by atoms with Crippen LogP contribution in [0, 0.1) is 16.1 Å². The van der Waals surface area contributed by atoms with E-state index in [1.165, 1.54) is 16.3 Å². The highest BCUT2D eigenvalue weighted by Gasteiger charge is 1.96. The monoisotopic (exact) mass is 824 g/mol. The first-order chi connectivity index (χ1) is 17.1. The van der Waals surface area contributed by atoms with Crippen molar-refractivity contribution in [2.24, 2.45) is 38.7 Å². The smallest absolute Gasteiger partial charge is 0.186 e. The normalized spacial score (nSPS) is 10.3. The van der Waals surface area contributed by atoms with Crippen LogP contribution in [0.15, 0.2) is 82.8 Å². The molecular weight excluding hydrogens is 793 g/mol. The fourth-order valence-electron chi connectivity index (χ4n) is 2.56. The summed E-state index contributed by atoms with van der Waals surface area (Å²) in [5, 5.41) is 7.06. The summed E-state index contributed by atoms with van der Waals surface area (Å²) in [6.45, 7) is 1.73. The number of hydrogen-bond donors (Lipinski definition) is 6. The van der Waals surface area contributed by atoms with Crippen LogP contribution in [0.1, 0.15) is 23.1 Å². The Morgan fingerprint density at radius 2 is 1.08 bits per heavy atom. The molecule has 0 heterocycles. The lowest BCUT2D eigenvalue weighted by atomic mass is 10.2. The van der Waals surface area contributed by atoms with E-state index in [-0.39, 0.29) is 18.2 Å². The van der Waals surface area contributed by atoms with Gasteiger partial charge in [0.1, 0.15) is 5.84 Å².